The maximum absolute atomic E-state index is 5.79. The van der Waals surface area contributed by atoms with Crippen molar-refractivity contribution in [2.45, 2.75) is 38.5 Å². The van der Waals surface area contributed by atoms with Crippen molar-refractivity contribution >= 4 is 0 Å². The van der Waals surface area contributed by atoms with Crippen molar-refractivity contribution in [1.29, 1.82) is 0 Å². The predicted octanol–water partition coefficient (Wildman–Crippen LogP) is 3.82. The van der Waals surface area contributed by atoms with Crippen molar-refractivity contribution in [2.24, 2.45) is 11.8 Å². The van der Waals surface area contributed by atoms with Crippen molar-refractivity contribution in [1.82, 2.24) is 0 Å². The van der Waals surface area contributed by atoms with Crippen molar-refractivity contribution in [3.05, 3.63) is 29.8 Å². The van der Waals surface area contributed by atoms with Gasteiger partial charge in [0.15, 0.2) is 0 Å². The van der Waals surface area contributed by atoms with E-state index in [2.05, 4.69) is 24.3 Å². The van der Waals surface area contributed by atoms with E-state index in [0.717, 1.165) is 24.2 Å². The average Bonchev–Trinajstić information content (AvgIpc) is 3.17. The van der Waals surface area contributed by atoms with Crippen LogP contribution in [0, 0.1) is 11.8 Å². The number of hydrogen-bond donors (Lipinski definition) is 0. The second kappa shape index (κ2) is 4.48. The summed E-state index contributed by atoms with van der Waals surface area (Å²) in [4.78, 5) is 0. The summed E-state index contributed by atoms with van der Waals surface area (Å²) in [5.74, 6) is 2.94. The van der Waals surface area contributed by atoms with Crippen molar-refractivity contribution < 1.29 is 4.74 Å². The second-order valence-electron chi connectivity index (χ2n) is 5.38. The third kappa shape index (κ3) is 3.01. The van der Waals surface area contributed by atoms with Crippen LogP contribution in [0.25, 0.3) is 0 Å². The Kier molecular flexibility index (Phi) is 2.86. The van der Waals surface area contributed by atoms with Gasteiger partial charge in [-0.15, -0.1) is 0 Å². The smallest absolute Gasteiger partial charge is 0.119 e. The van der Waals surface area contributed by atoms with Crippen LogP contribution in [-0.2, 0) is 6.42 Å². The highest BCUT2D eigenvalue weighted by Crippen LogP contribution is 2.34. The first-order valence-corrected chi connectivity index (χ1v) is 6.62. The molecule has 0 unspecified atom stereocenters. The summed E-state index contributed by atoms with van der Waals surface area (Å²) in [6.45, 7) is 0.923. The standard InChI is InChI=1S/C15H20O/c1-2-13(7-6-12-4-5-12)10-15(3-1)16-11-14-8-9-14/h1-3,10,12,14H,4-9,11H2. The van der Waals surface area contributed by atoms with Crippen molar-refractivity contribution in [3.8, 4) is 5.75 Å². The molecule has 16 heavy (non-hydrogen) atoms. The first-order chi connectivity index (χ1) is 7.90. The second-order valence-corrected chi connectivity index (χ2v) is 5.38. The summed E-state index contributed by atoms with van der Waals surface area (Å²) >= 11 is 0. The minimum atomic E-state index is 0.843. The largest absolute Gasteiger partial charge is 0.493 e. The normalized spacial score (nSPS) is 19.8. The molecule has 0 radical (unpaired) electrons. The lowest BCUT2D eigenvalue weighted by atomic mass is 10.1. The Morgan fingerprint density at radius 3 is 2.62 bits per heavy atom. The molecule has 0 atom stereocenters. The highest BCUT2D eigenvalue weighted by atomic mass is 16.5. The topological polar surface area (TPSA) is 9.23 Å². The summed E-state index contributed by atoms with van der Waals surface area (Å²) in [5, 5.41) is 0. The molecule has 3 rings (SSSR count). The fourth-order valence-corrected chi connectivity index (χ4v) is 2.07. The molecule has 0 N–H and O–H groups in total. The zero-order valence-electron chi connectivity index (χ0n) is 9.82. The summed E-state index contributed by atoms with van der Waals surface area (Å²) in [7, 11) is 0. The Bertz CT molecular complexity index is 319. The van der Waals surface area contributed by atoms with Crippen LogP contribution in [-0.4, -0.2) is 6.61 Å². The van der Waals surface area contributed by atoms with Gasteiger partial charge in [-0.3, -0.25) is 0 Å². The molecule has 0 aliphatic heterocycles. The highest BCUT2D eigenvalue weighted by Gasteiger charge is 2.22. The Balaban J connectivity index is 1.52. The zero-order chi connectivity index (χ0) is 10.8. The molecule has 2 aliphatic rings. The average molecular weight is 216 g/mol. The van der Waals surface area contributed by atoms with E-state index in [-0.39, 0.29) is 0 Å². The van der Waals surface area contributed by atoms with Crippen LogP contribution in [0.5, 0.6) is 5.75 Å². The van der Waals surface area contributed by atoms with Crippen molar-refractivity contribution in [3.63, 3.8) is 0 Å². The van der Waals surface area contributed by atoms with Gasteiger partial charge >= 0.3 is 0 Å². The molecule has 0 heterocycles. The number of benzene rings is 1. The zero-order valence-corrected chi connectivity index (χ0v) is 9.82. The van der Waals surface area contributed by atoms with Crippen LogP contribution in [0.4, 0.5) is 0 Å². The number of hydrogen-bond acceptors (Lipinski definition) is 1. The molecule has 0 amide bonds. The van der Waals surface area contributed by atoms with Gasteiger partial charge < -0.3 is 4.74 Å². The summed E-state index contributed by atoms with van der Waals surface area (Å²) in [6.07, 6.45) is 8.23. The van der Waals surface area contributed by atoms with Crippen LogP contribution in [0.1, 0.15) is 37.7 Å². The molecule has 0 aromatic heterocycles. The molecule has 1 aromatic carbocycles. The molecule has 0 spiro atoms. The van der Waals surface area contributed by atoms with Crippen LogP contribution < -0.4 is 4.74 Å². The van der Waals surface area contributed by atoms with Gasteiger partial charge in [0.2, 0.25) is 0 Å². The first kappa shape index (κ1) is 10.2. The minimum Gasteiger partial charge on any atom is -0.493 e. The van der Waals surface area contributed by atoms with Gasteiger partial charge in [-0.05, 0) is 55.2 Å². The SMILES string of the molecule is c1cc(CCC2CC2)cc(OCC2CC2)c1. The van der Waals surface area contributed by atoms with Crippen molar-refractivity contribution in [2.75, 3.05) is 6.61 Å². The van der Waals surface area contributed by atoms with E-state index < -0.39 is 0 Å². The Morgan fingerprint density at radius 1 is 1.06 bits per heavy atom. The maximum atomic E-state index is 5.79. The van der Waals surface area contributed by atoms with Gasteiger partial charge in [0.1, 0.15) is 5.75 Å². The van der Waals surface area contributed by atoms with E-state index in [4.69, 9.17) is 4.74 Å². The molecule has 2 fully saturated rings. The summed E-state index contributed by atoms with van der Waals surface area (Å²) < 4.78 is 5.79. The van der Waals surface area contributed by atoms with E-state index in [1.54, 1.807) is 0 Å². The van der Waals surface area contributed by atoms with Gasteiger partial charge in [0.05, 0.1) is 6.61 Å². The highest BCUT2D eigenvalue weighted by molar-refractivity contribution is 5.28. The predicted molar refractivity (Wildman–Crippen MR) is 65.7 cm³/mol. The lowest BCUT2D eigenvalue weighted by Crippen LogP contribution is -1.99. The number of ether oxygens (including phenoxy) is 1. The van der Waals surface area contributed by atoms with E-state index in [1.165, 1.54) is 44.1 Å². The van der Waals surface area contributed by atoms with E-state index in [0.29, 0.717) is 0 Å². The number of aryl methyl sites for hydroxylation is 1. The Morgan fingerprint density at radius 2 is 1.88 bits per heavy atom. The lowest BCUT2D eigenvalue weighted by molar-refractivity contribution is 0.299. The summed E-state index contributed by atoms with van der Waals surface area (Å²) in [6, 6.07) is 8.67. The van der Waals surface area contributed by atoms with Crippen LogP contribution in [0.15, 0.2) is 24.3 Å². The summed E-state index contributed by atoms with van der Waals surface area (Å²) in [5.41, 5.74) is 1.44. The van der Waals surface area contributed by atoms with E-state index in [9.17, 15) is 0 Å². The monoisotopic (exact) mass is 216 g/mol. The van der Waals surface area contributed by atoms with Gasteiger partial charge in [-0.1, -0.05) is 25.0 Å². The van der Waals surface area contributed by atoms with E-state index >= 15 is 0 Å². The molecule has 86 valence electrons. The molecule has 0 bridgehead atoms. The molecule has 2 aliphatic carbocycles. The maximum Gasteiger partial charge on any atom is 0.119 e. The van der Waals surface area contributed by atoms with Gasteiger partial charge in [0.25, 0.3) is 0 Å². The fourth-order valence-electron chi connectivity index (χ4n) is 2.07. The van der Waals surface area contributed by atoms with E-state index in [1.807, 2.05) is 0 Å². The van der Waals surface area contributed by atoms with Gasteiger partial charge in [-0.2, -0.15) is 0 Å². The molecule has 0 saturated heterocycles. The third-order valence-electron chi connectivity index (χ3n) is 3.62. The first-order valence-electron chi connectivity index (χ1n) is 6.62. The molecule has 1 aromatic rings. The molecule has 2 saturated carbocycles. The number of rotatable bonds is 6. The Labute approximate surface area is 97.8 Å². The van der Waals surface area contributed by atoms with Crippen LogP contribution in [0.2, 0.25) is 0 Å². The lowest BCUT2D eigenvalue weighted by Gasteiger charge is -2.07. The molecular weight excluding hydrogens is 196 g/mol. The third-order valence-corrected chi connectivity index (χ3v) is 3.62. The molecular formula is C15H20O. The molecule has 1 nitrogen and oxygen atoms in total. The quantitative estimate of drug-likeness (QED) is 0.702. The fraction of sp³-hybridized carbons (Fsp3) is 0.600. The van der Waals surface area contributed by atoms with Gasteiger partial charge in [-0.25, -0.2) is 0 Å². The van der Waals surface area contributed by atoms with Gasteiger partial charge in [0, 0.05) is 0 Å². The Hall–Kier alpha value is -0.980. The van der Waals surface area contributed by atoms with Crippen LogP contribution in [0.3, 0.4) is 0 Å². The molecule has 1 heteroatoms. The van der Waals surface area contributed by atoms with Crippen LogP contribution >= 0.6 is 0 Å². The minimum absolute atomic E-state index is 0.843.